The van der Waals surface area contributed by atoms with Gasteiger partial charge < -0.3 is 4.42 Å². The van der Waals surface area contributed by atoms with Gasteiger partial charge >= 0.3 is 0 Å². The highest BCUT2D eigenvalue weighted by atomic mass is 19.1. The molecular weight excluding hydrogens is 205 g/mol. The molecule has 0 fully saturated rings. The number of benzene rings is 2. The molecule has 0 saturated heterocycles. The third-order valence-electron chi connectivity index (χ3n) is 2.31. The molecule has 0 spiro atoms. The Kier molecular flexibility index (Phi) is 1.96. The Morgan fingerprint density at radius 1 is 1.12 bits per heavy atom. The van der Waals surface area contributed by atoms with Crippen molar-refractivity contribution >= 4 is 11.1 Å². The number of fused-ring (bicyclic) bond motifs is 1. The molecule has 0 aliphatic carbocycles. The normalized spacial score (nSPS) is 10.8. The van der Waals surface area contributed by atoms with Gasteiger partial charge in [-0.15, -0.1) is 0 Å². The van der Waals surface area contributed by atoms with Crippen molar-refractivity contribution in [1.82, 2.24) is 4.98 Å². The van der Waals surface area contributed by atoms with E-state index in [0.717, 1.165) is 11.1 Å². The molecule has 0 atom stereocenters. The van der Waals surface area contributed by atoms with Gasteiger partial charge in [-0.2, -0.15) is 0 Å². The van der Waals surface area contributed by atoms with Crippen LogP contribution in [-0.4, -0.2) is 4.98 Å². The molecule has 3 aromatic rings. The summed E-state index contributed by atoms with van der Waals surface area (Å²) in [5.41, 5.74) is 2.12. The number of hydrogen-bond donors (Lipinski definition) is 0. The Morgan fingerprint density at radius 3 is 2.69 bits per heavy atom. The van der Waals surface area contributed by atoms with Crippen molar-refractivity contribution in [3.63, 3.8) is 0 Å². The lowest BCUT2D eigenvalue weighted by molar-refractivity contribution is 0.615. The van der Waals surface area contributed by atoms with Crippen molar-refractivity contribution in [2.45, 2.75) is 0 Å². The van der Waals surface area contributed by atoms with Gasteiger partial charge in [0.2, 0.25) is 5.89 Å². The third kappa shape index (κ3) is 1.46. The Hall–Kier alpha value is -2.16. The maximum atomic E-state index is 12.7. The molecule has 0 bridgehead atoms. The lowest BCUT2D eigenvalue weighted by Crippen LogP contribution is -1.77. The molecule has 1 heterocycles. The van der Waals surface area contributed by atoms with Crippen LogP contribution in [0.4, 0.5) is 4.39 Å². The summed E-state index contributed by atoms with van der Waals surface area (Å²) in [6.45, 7) is 0. The van der Waals surface area contributed by atoms with Gasteiger partial charge in [0.15, 0.2) is 5.58 Å². The fraction of sp³-hybridized carbons (Fsp3) is 0. The standard InChI is InChI=1S/C13H7FNO/c14-10-7-5-9(6-8-10)13-15-11-3-1-2-4-12(11)16-13/h1-3,5-8H. The first kappa shape index (κ1) is 9.09. The zero-order valence-electron chi connectivity index (χ0n) is 8.27. The molecule has 2 aromatic carbocycles. The summed E-state index contributed by atoms with van der Waals surface area (Å²) in [5.74, 6) is 0.212. The first-order valence-corrected chi connectivity index (χ1v) is 4.86. The quantitative estimate of drug-likeness (QED) is 0.617. The van der Waals surface area contributed by atoms with E-state index in [0.29, 0.717) is 11.5 Å². The summed E-state index contributed by atoms with van der Waals surface area (Å²) in [5, 5.41) is 0. The van der Waals surface area contributed by atoms with Crippen LogP contribution in [0.1, 0.15) is 0 Å². The SMILES string of the molecule is Fc1ccc(-c2nc3ccc[c]c3o2)cc1. The molecule has 0 amide bonds. The number of oxazole rings is 1. The molecule has 0 aliphatic heterocycles. The molecule has 1 radical (unpaired) electrons. The topological polar surface area (TPSA) is 26.0 Å². The van der Waals surface area contributed by atoms with E-state index < -0.39 is 0 Å². The van der Waals surface area contributed by atoms with Gasteiger partial charge in [-0.1, -0.05) is 12.1 Å². The van der Waals surface area contributed by atoms with E-state index in [1.54, 1.807) is 18.2 Å². The van der Waals surface area contributed by atoms with Crippen molar-refractivity contribution < 1.29 is 8.81 Å². The van der Waals surface area contributed by atoms with Crippen molar-refractivity contribution in [3.05, 3.63) is 54.3 Å². The van der Waals surface area contributed by atoms with Gasteiger partial charge in [0, 0.05) is 11.6 Å². The van der Waals surface area contributed by atoms with Gasteiger partial charge in [-0.05, 0) is 30.3 Å². The lowest BCUT2D eigenvalue weighted by Gasteiger charge is -1.93. The van der Waals surface area contributed by atoms with E-state index in [1.165, 1.54) is 12.1 Å². The summed E-state index contributed by atoms with van der Waals surface area (Å²) >= 11 is 0. The van der Waals surface area contributed by atoms with Crippen LogP contribution in [0.5, 0.6) is 0 Å². The smallest absolute Gasteiger partial charge is 0.227 e. The molecule has 3 rings (SSSR count). The predicted molar refractivity (Wildman–Crippen MR) is 58.2 cm³/mol. The molecule has 1 aromatic heterocycles. The lowest BCUT2D eigenvalue weighted by atomic mass is 10.2. The van der Waals surface area contributed by atoms with E-state index in [1.807, 2.05) is 12.1 Å². The fourth-order valence-corrected chi connectivity index (χ4v) is 1.53. The van der Waals surface area contributed by atoms with E-state index in [2.05, 4.69) is 11.1 Å². The van der Waals surface area contributed by atoms with Crippen LogP contribution in [0.15, 0.2) is 46.9 Å². The first-order valence-electron chi connectivity index (χ1n) is 4.86. The number of halogens is 1. The number of para-hydroxylation sites is 1. The van der Waals surface area contributed by atoms with Crippen LogP contribution >= 0.6 is 0 Å². The molecule has 16 heavy (non-hydrogen) atoms. The van der Waals surface area contributed by atoms with Crippen molar-refractivity contribution in [2.24, 2.45) is 0 Å². The number of aromatic nitrogens is 1. The molecule has 3 heteroatoms. The zero-order valence-corrected chi connectivity index (χ0v) is 8.27. The fourth-order valence-electron chi connectivity index (χ4n) is 1.53. The van der Waals surface area contributed by atoms with Gasteiger partial charge in [0.05, 0.1) is 0 Å². The van der Waals surface area contributed by atoms with E-state index >= 15 is 0 Å². The Morgan fingerprint density at radius 2 is 1.94 bits per heavy atom. The minimum Gasteiger partial charge on any atom is -0.435 e. The van der Waals surface area contributed by atoms with Crippen LogP contribution in [0.2, 0.25) is 0 Å². The summed E-state index contributed by atoms with van der Waals surface area (Å²) in [7, 11) is 0. The van der Waals surface area contributed by atoms with Crippen LogP contribution < -0.4 is 0 Å². The second-order valence-corrected chi connectivity index (χ2v) is 3.41. The Bertz CT molecular complexity index is 595. The van der Waals surface area contributed by atoms with Crippen LogP contribution in [0.25, 0.3) is 22.6 Å². The highest BCUT2D eigenvalue weighted by Crippen LogP contribution is 2.23. The highest BCUT2D eigenvalue weighted by molar-refractivity contribution is 5.75. The monoisotopic (exact) mass is 212 g/mol. The second kappa shape index (κ2) is 3.45. The Balaban J connectivity index is 2.15. The summed E-state index contributed by atoms with van der Waals surface area (Å²) < 4.78 is 18.3. The molecule has 2 nitrogen and oxygen atoms in total. The average Bonchev–Trinajstić information content (AvgIpc) is 2.73. The minimum absolute atomic E-state index is 0.272. The van der Waals surface area contributed by atoms with Gasteiger partial charge in [-0.3, -0.25) is 0 Å². The molecule has 0 unspecified atom stereocenters. The number of rotatable bonds is 1. The summed E-state index contributed by atoms with van der Waals surface area (Å²) in [6.07, 6.45) is 0. The molecule has 0 N–H and O–H groups in total. The van der Waals surface area contributed by atoms with Gasteiger partial charge in [0.1, 0.15) is 11.3 Å². The largest absolute Gasteiger partial charge is 0.435 e. The summed E-state index contributed by atoms with van der Waals surface area (Å²) in [4.78, 5) is 4.29. The van der Waals surface area contributed by atoms with Crippen molar-refractivity contribution in [3.8, 4) is 11.5 Å². The van der Waals surface area contributed by atoms with Gasteiger partial charge in [-0.25, -0.2) is 9.37 Å². The zero-order chi connectivity index (χ0) is 11.0. The van der Waals surface area contributed by atoms with Crippen molar-refractivity contribution in [1.29, 1.82) is 0 Å². The van der Waals surface area contributed by atoms with Crippen LogP contribution in [0, 0.1) is 11.9 Å². The van der Waals surface area contributed by atoms with E-state index in [-0.39, 0.29) is 5.82 Å². The van der Waals surface area contributed by atoms with E-state index in [4.69, 9.17) is 4.42 Å². The Labute approximate surface area is 91.3 Å². The molecular formula is C13H7FNO. The molecule has 77 valence electrons. The third-order valence-corrected chi connectivity index (χ3v) is 2.31. The molecule has 0 aliphatic rings. The number of hydrogen-bond acceptors (Lipinski definition) is 2. The van der Waals surface area contributed by atoms with Gasteiger partial charge in [0.25, 0.3) is 0 Å². The predicted octanol–water partition coefficient (Wildman–Crippen LogP) is 3.43. The highest BCUT2D eigenvalue weighted by Gasteiger charge is 2.07. The average molecular weight is 212 g/mol. The summed E-state index contributed by atoms with van der Waals surface area (Å²) in [6, 6.07) is 14.5. The molecule has 0 saturated carbocycles. The second-order valence-electron chi connectivity index (χ2n) is 3.41. The first-order chi connectivity index (χ1) is 7.83. The van der Waals surface area contributed by atoms with Crippen LogP contribution in [-0.2, 0) is 0 Å². The van der Waals surface area contributed by atoms with Crippen molar-refractivity contribution in [2.75, 3.05) is 0 Å². The van der Waals surface area contributed by atoms with Crippen LogP contribution in [0.3, 0.4) is 0 Å². The maximum Gasteiger partial charge on any atom is 0.227 e. The minimum atomic E-state index is -0.272. The maximum absolute atomic E-state index is 12.7. The number of nitrogens with zero attached hydrogens (tertiary/aromatic N) is 1. The van der Waals surface area contributed by atoms with E-state index in [9.17, 15) is 4.39 Å².